The summed E-state index contributed by atoms with van der Waals surface area (Å²) >= 11 is 0. The number of benzene rings is 1. The average Bonchev–Trinajstić information content (AvgIpc) is 3.05. The topological polar surface area (TPSA) is 89.8 Å². The highest BCUT2D eigenvalue weighted by molar-refractivity contribution is 7.94. The maximum atomic E-state index is 13.3. The number of nitrogens with zero attached hydrogens (tertiary/aromatic N) is 1. The van der Waals surface area contributed by atoms with Crippen LogP contribution in [0.4, 0.5) is 4.39 Å². The lowest BCUT2D eigenvalue weighted by Gasteiger charge is -2.09. The molecule has 30 heavy (non-hydrogen) atoms. The van der Waals surface area contributed by atoms with E-state index in [4.69, 9.17) is 0 Å². The van der Waals surface area contributed by atoms with Crippen molar-refractivity contribution in [2.24, 2.45) is 0 Å². The summed E-state index contributed by atoms with van der Waals surface area (Å²) in [4.78, 5) is 12.5. The molecule has 0 amide bonds. The normalized spacial score (nSPS) is 12.4. The minimum Gasteiger partial charge on any atom is -0.311 e. The molecule has 0 aliphatic rings. The van der Waals surface area contributed by atoms with Crippen molar-refractivity contribution >= 4 is 31.0 Å². The predicted octanol–water partition coefficient (Wildman–Crippen LogP) is 3.68. The van der Waals surface area contributed by atoms with E-state index in [0.717, 1.165) is 12.1 Å². The number of fused-ring (bicyclic) bond motifs is 1. The quantitative estimate of drug-likeness (QED) is 0.488. The molecule has 1 aromatic carbocycles. The zero-order valence-electron chi connectivity index (χ0n) is 16.6. The largest absolute Gasteiger partial charge is 0.311 e. The monoisotopic (exact) mass is 451 g/mol. The van der Waals surface area contributed by atoms with Crippen molar-refractivity contribution < 1.29 is 26.0 Å². The molecule has 0 bridgehead atoms. The van der Waals surface area contributed by atoms with Crippen LogP contribution in [0.5, 0.6) is 0 Å². The molecule has 3 aromatic rings. The van der Waals surface area contributed by atoms with Gasteiger partial charge in [-0.3, -0.25) is 4.79 Å². The van der Waals surface area contributed by atoms with Crippen molar-refractivity contribution in [3.8, 4) is 0 Å². The molecular weight excluding hydrogens is 429 g/mol. The van der Waals surface area contributed by atoms with E-state index in [-0.39, 0.29) is 39.6 Å². The molecule has 9 heteroatoms. The van der Waals surface area contributed by atoms with Crippen LogP contribution in [-0.4, -0.2) is 38.5 Å². The van der Waals surface area contributed by atoms with Crippen LogP contribution >= 0.6 is 0 Å². The van der Waals surface area contributed by atoms with E-state index in [9.17, 15) is 26.0 Å². The first-order chi connectivity index (χ1) is 14.1. The first-order valence-corrected chi connectivity index (χ1v) is 12.8. The van der Waals surface area contributed by atoms with Crippen molar-refractivity contribution in [3.05, 3.63) is 65.7 Å². The van der Waals surface area contributed by atoms with E-state index in [1.807, 2.05) is 0 Å². The molecule has 2 heterocycles. The van der Waals surface area contributed by atoms with Gasteiger partial charge in [0.1, 0.15) is 21.3 Å². The van der Waals surface area contributed by atoms with Crippen LogP contribution in [0.25, 0.3) is 5.52 Å². The van der Waals surface area contributed by atoms with Gasteiger partial charge in [0.25, 0.3) is 0 Å². The lowest BCUT2D eigenvalue weighted by atomic mass is 10.1. The summed E-state index contributed by atoms with van der Waals surface area (Å²) in [5.74, 6) is -1.79. The van der Waals surface area contributed by atoms with Gasteiger partial charge in [0.05, 0.1) is 17.0 Å². The molecule has 0 spiro atoms. The summed E-state index contributed by atoms with van der Waals surface area (Å²) < 4.78 is 67.2. The predicted molar refractivity (Wildman–Crippen MR) is 112 cm³/mol. The molecule has 0 N–H and O–H groups in total. The van der Waals surface area contributed by atoms with Gasteiger partial charge in [-0.2, -0.15) is 0 Å². The summed E-state index contributed by atoms with van der Waals surface area (Å²) in [6.07, 6.45) is 2.01. The summed E-state index contributed by atoms with van der Waals surface area (Å²) in [5, 5.41) is 0. The fourth-order valence-corrected chi connectivity index (χ4v) is 7.42. The van der Waals surface area contributed by atoms with Gasteiger partial charge in [-0.25, -0.2) is 21.2 Å². The van der Waals surface area contributed by atoms with Crippen LogP contribution in [0.15, 0.2) is 58.5 Å². The molecule has 0 saturated heterocycles. The second kappa shape index (κ2) is 8.31. The molecule has 0 aliphatic carbocycles. The van der Waals surface area contributed by atoms with Crippen molar-refractivity contribution in [2.45, 2.75) is 36.5 Å². The Labute approximate surface area is 175 Å². The Morgan fingerprint density at radius 1 is 0.867 bits per heavy atom. The van der Waals surface area contributed by atoms with Crippen molar-refractivity contribution in [1.29, 1.82) is 0 Å². The third-order valence-corrected chi connectivity index (χ3v) is 8.72. The lowest BCUT2D eigenvalue weighted by Crippen LogP contribution is -2.17. The third-order valence-electron chi connectivity index (χ3n) is 4.64. The zero-order valence-corrected chi connectivity index (χ0v) is 18.3. The molecule has 0 fully saturated rings. The molecule has 0 radical (unpaired) electrons. The fraction of sp³-hybridized carbons (Fsp3) is 0.286. The number of hydrogen-bond donors (Lipinski definition) is 0. The maximum Gasteiger partial charge on any atom is 0.211 e. The Hall–Kier alpha value is -2.52. The van der Waals surface area contributed by atoms with Gasteiger partial charge >= 0.3 is 0 Å². The lowest BCUT2D eigenvalue weighted by molar-refractivity contribution is 0.103. The van der Waals surface area contributed by atoms with Gasteiger partial charge in [-0.1, -0.05) is 19.9 Å². The highest BCUT2D eigenvalue weighted by atomic mass is 32.2. The Kier molecular flexibility index (Phi) is 6.14. The SMILES string of the molecule is CCCS(=O)(=O)c1c(S(=O)(=O)CCC)c2ccccn2c1C(=O)c1ccc(F)cc1. The third kappa shape index (κ3) is 3.91. The van der Waals surface area contributed by atoms with Crippen molar-refractivity contribution in [1.82, 2.24) is 4.40 Å². The minimum atomic E-state index is -4.09. The second-order valence-electron chi connectivity index (χ2n) is 6.94. The molecule has 160 valence electrons. The summed E-state index contributed by atoms with van der Waals surface area (Å²) in [6.45, 7) is 3.34. The van der Waals surface area contributed by atoms with Crippen molar-refractivity contribution in [2.75, 3.05) is 11.5 Å². The molecule has 0 aliphatic heterocycles. The molecule has 6 nitrogen and oxygen atoms in total. The molecule has 3 rings (SSSR count). The van der Waals surface area contributed by atoms with Gasteiger partial charge in [-0.15, -0.1) is 0 Å². The Balaban J connectivity index is 2.47. The summed E-state index contributed by atoms with van der Waals surface area (Å²) in [5.41, 5.74) is -0.0570. The van der Waals surface area contributed by atoms with Crippen LogP contribution in [0, 0.1) is 5.82 Å². The second-order valence-corrected chi connectivity index (χ2v) is 11.0. The van der Waals surface area contributed by atoms with Crippen LogP contribution < -0.4 is 0 Å². The van der Waals surface area contributed by atoms with Gasteiger partial charge in [0, 0.05) is 11.8 Å². The van der Waals surface area contributed by atoms with Gasteiger partial charge in [-0.05, 0) is 49.2 Å². The Morgan fingerprint density at radius 3 is 2.00 bits per heavy atom. The molecular formula is C21H22FNO5S2. The average molecular weight is 452 g/mol. The number of ketones is 1. The van der Waals surface area contributed by atoms with Gasteiger partial charge in [0.15, 0.2) is 19.7 Å². The van der Waals surface area contributed by atoms with Gasteiger partial charge in [0.2, 0.25) is 5.78 Å². The number of sulfone groups is 2. The molecule has 0 saturated carbocycles. The number of carbonyl (C=O) groups is 1. The fourth-order valence-electron chi connectivity index (χ4n) is 3.44. The number of hydrogen-bond acceptors (Lipinski definition) is 5. The molecule has 0 unspecified atom stereocenters. The number of rotatable bonds is 8. The smallest absolute Gasteiger partial charge is 0.211 e. The first kappa shape index (κ1) is 22.2. The minimum absolute atomic E-state index is 0.0621. The van der Waals surface area contributed by atoms with E-state index in [0.29, 0.717) is 6.42 Å². The summed E-state index contributed by atoms with van der Waals surface area (Å²) in [7, 11) is -8.07. The molecule has 2 aromatic heterocycles. The van der Waals surface area contributed by atoms with E-state index >= 15 is 0 Å². The molecule has 0 atom stereocenters. The van der Waals surface area contributed by atoms with Crippen LogP contribution in [0.3, 0.4) is 0 Å². The standard InChI is InChI=1S/C21H22FNO5S2/c1-3-13-29(25,26)20-17-7-5-6-12-23(17)18(21(20)30(27,28)14-4-2)19(24)15-8-10-16(22)11-9-15/h5-12H,3-4,13-14H2,1-2H3. The maximum absolute atomic E-state index is 13.3. The van der Waals surface area contributed by atoms with E-state index in [1.165, 1.54) is 28.8 Å². The number of aromatic nitrogens is 1. The summed E-state index contributed by atoms with van der Waals surface area (Å²) in [6, 6.07) is 9.33. The van der Waals surface area contributed by atoms with Crippen LogP contribution in [0.1, 0.15) is 42.7 Å². The Morgan fingerprint density at radius 2 is 1.43 bits per heavy atom. The number of halogens is 1. The van der Waals surface area contributed by atoms with E-state index in [2.05, 4.69) is 0 Å². The highest BCUT2D eigenvalue weighted by Crippen LogP contribution is 2.35. The zero-order chi connectivity index (χ0) is 22.1. The highest BCUT2D eigenvalue weighted by Gasteiger charge is 2.36. The van der Waals surface area contributed by atoms with Crippen molar-refractivity contribution in [3.63, 3.8) is 0 Å². The van der Waals surface area contributed by atoms with Crippen LogP contribution in [-0.2, 0) is 19.7 Å². The van der Waals surface area contributed by atoms with Crippen LogP contribution in [0.2, 0.25) is 0 Å². The van der Waals surface area contributed by atoms with E-state index < -0.39 is 36.2 Å². The number of pyridine rings is 1. The van der Waals surface area contributed by atoms with Gasteiger partial charge < -0.3 is 4.40 Å². The Bertz CT molecular complexity index is 1310. The van der Waals surface area contributed by atoms with E-state index in [1.54, 1.807) is 26.0 Å². The first-order valence-electron chi connectivity index (χ1n) is 9.53. The number of carbonyl (C=O) groups excluding carboxylic acids is 1.